The topological polar surface area (TPSA) is 95.9 Å². The molecule has 0 saturated carbocycles. The van der Waals surface area contributed by atoms with Crippen LogP contribution in [-0.4, -0.2) is 35.5 Å². The van der Waals surface area contributed by atoms with E-state index in [0.717, 1.165) is 6.42 Å². The van der Waals surface area contributed by atoms with Gasteiger partial charge in [-0.05, 0) is 37.5 Å². The summed E-state index contributed by atoms with van der Waals surface area (Å²) in [5.41, 5.74) is 1.13. The summed E-state index contributed by atoms with van der Waals surface area (Å²) in [6, 6.07) is 5.09. The fraction of sp³-hybridized carbons (Fsp3) is 0.500. The number of benzene rings is 1. The van der Waals surface area contributed by atoms with Gasteiger partial charge in [0.15, 0.2) is 6.10 Å². The zero-order valence-corrected chi connectivity index (χ0v) is 14.7. The summed E-state index contributed by atoms with van der Waals surface area (Å²) >= 11 is 0. The van der Waals surface area contributed by atoms with Crippen molar-refractivity contribution in [3.63, 3.8) is 0 Å². The number of carboxylic acids is 1. The molecule has 2 amide bonds. The molecule has 1 atom stereocenters. The molecule has 0 spiro atoms. The number of carbonyl (C=O) groups excluding carboxylic acids is 2. The van der Waals surface area contributed by atoms with Crippen LogP contribution in [0.1, 0.15) is 40.0 Å². The maximum absolute atomic E-state index is 12.5. The van der Waals surface area contributed by atoms with Gasteiger partial charge in [0.05, 0.1) is 12.1 Å². The van der Waals surface area contributed by atoms with Crippen LogP contribution in [0.4, 0.5) is 11.4 Å². The molecule has 1 aromatic rings. The first-order chi connectivity index (χ1) is 11.8. The molecule has 7 nitrogen and oxygen atoms in total. The summed E-state index contributed by atoms with van der Waals surface area (Å²) in [6.45, 7) is 6.48. The van der Waals surface area contributed by atoms with Crippen LogP contribution in [0.25, 0.3) is 0 Å². The third kappa shape index (κ3) is 4.95. The zero-order valence-electron chi connectivity index (χ0n) is 14.7. The number of aliphatic carboxylic acids is 1. The number of carbonyl (C=O) groups is 3. The Kier molecular flexibility index (Phi) is 6.01. The molecule has 0 bridgehead atoms. The molecular weight excluding hydrogens is 324 g/mol. The second kappa shape index (κ2) is 8.00. The molecule has 0 radical (unpaired) electrons. The van der Waals surface area contributed by atoms with Gasteiger partial charge < -0.3 is 20.1 Å². The number of rotatable bonds is 7. The summed E-state index contributed by atoms with van der Waals surface area (Å²) in [7, 11) is 0. The quantitative estimate of drug-likeness (QED) is 0.790. The Morgan fingerprint density at radius 3 is 2.68 bits per heavy atom. The van der Waals surface area contributed by atoms with Gasteiger partial charge in [0.2, 0.25) is 5.91 Å². The van der Waals surface area contributed by atoms with Gasteiger partial charge in [-0.3, -0.25) is 14.4 Å². The van der Waals surface area contributed by atoms with E-state index in [1.807, 2.05) is 0 Å². The molecule has 1 aromatic carbocycles. The van der Waals surface area contributed by atoms with Crippen molar-refractivity contribution in [2.45, 2.75) is 46.1 Å². The summed E-state index contributed by atoms with van der Waals surface area (Å²) in [4.78, 5) is 36.5. The Balaban J connectivity index is 2.18. The second-order valence-corrected chi connectivity index (χ2v) is 6.56. The van der Waals surface area contributed by atoms with E-state index in [-0.39, 0.29) is 24.7 Å². The van der Waals surface area contributed by atoms with E-state index >= 15 is 0 Å². The minimum Gasteiger partial charge on any atom is -0.481 e. The summed E-state index contributed by atoms with van der Waals surface area (Å²) in [5, 5.41) is 11.3. The Hall–Kier alpha value is -2.57. The first kappa shape index (κ1) is 18.8. The molecule has 136 valence electrons. The number of carboxylic acid groups (broad SMARTS) is 1. The molecule has 1 unspecified atom stereocenters. The number of fused-ring (bicyclic) bond motifs is 1. The molecule has 1 aliphatic rings. The lowest BCUT2D eigenvalue weighted by atomic mass is 10.1. The van der Waals surface area contributed by atoms with Crippen LogP contribution < -0.4 is 15.0 Å². The average Bonchev–Trinajstić information content (AvgIpc) is 2.53. The monoisotopic (exact) mass is 348 g/mol. The first-order valence-electron chi connectivity index (χ1n) is 8.41. The van der Waals surface area contributed by atoms with E-state index < -0.39 is 12.1 Å². The molecule has 1 aliphatic heterocycles. The second-order valence-electron chi connectivity index (χ2n) is 6.56. The highest BCUT2D eigenvalue weighted by Gasteiger charge is 2.31. The lowest BCUT2D eigenvalue weighted by Gasteiger charge is -2.33. The maximum atomic E-state index is 12.5. The molecule has 25 heavy (non-hydrogen) atoms. The lowest BCUT2D eigenvalue weighted by molar-refractivity contribution is -0.138. The van der Waals surface area contributed by atoms with Gasteiger partial charge in [0, 0.05) is 18.7 Å². The van der Waals surface area contributed by atoms with E-state index in [1.54, 1.807) is 30.0 Å². The number of ether oxygens (including phenoxy) is 1. The number of hydrogen-bond donors (Lipinski definition) is 2. The minimum atomic E-state index is -1.02. The predicted molar refractivity (Wildman–Crippen MR) is 93.8 cm³/mol. The Morgan fingerprint density at radius 2 is 2.04 bits per heavy atom. The highest BCUT2D eigenvalue weighted by Crippen LogP contribution is 2.36. The number of nitrogens with zero attached hydrogens (tertiary/aromatic N) is 1. The third-order valence-electron chi connectivity index (χ3n) is 3.95. The van der Waals surface area contributed by atoms with Crippen LogP contribution in [-0.2, 0) is 14.4 Å². The van der Waals surface area contributed by atoms with Crippen molar-refractivity contribution in [1.82, 2.24) is 0 Å². The van der Waals surface area contributed by atoms with E-state index in [9.17, 15) is 14.4 Å². The Morgan fingerprint density at radius 1 is 1.32 bits per heavy atom. The fourth-order valence-corrected chi connectivity index (χ4v) is 2.55. The van der Waals surface area contributed by atoms with Crippen LogP contribution >= 0.6 is 0 Å². The normalized spacial score (nSPS) is 16.4. The van der Waals surface area contributed by atoms with E-state index in [0.29, 0.717) is 29.6 Å². The van der Waals surface area contributed by atoms with Crippen LogP contribution in [0.2, 0.25) is 0 Å². The molecule has 1 heterocycles. The van der Waals surface area contributed by atoms with E-state index in [4.69, 9.17) is 9.84 Å². The van der Waals surface area contributed by atoms with Crippen molar-refractivity contribution >= 4 is 29.2 Å². The van der Waals surface area contributed by atoms with Crippen LogP contribution in [0, 0.1) is 5.92 Å². The molecule has 0 fully saturated rings. The molecule has 0 saturated heterocycles. The van der Waals surface area contributed by atoms with Gasteiger partial charge in [-0.15, -0.1) is 0 Å². The van der Waals surface area contributed by atoms with Gasteiger partial charge in [-0.2, -0.15) is 0 Å². The summed E-state index contributed by atoms with van der Waals surface area (Å²) < 4.78 is 5.64. The standard InChI is InChI=1S/C18H24N2O5/c1-11(2)8-9-20-14-10-13(19-16(21)6-7-17(22)23)4-5-15(14)25-12(3)18(20)24/h4-5,10-12H,6-9H2,1-3H3,(H,19,21)(H,22,23). The highest BCUT2D eigenvalue weighted by molar-refractivity contribution is 6.01. The maximum Gasteiger partial charge on any atom is 0.303 e. The predicted octanol–water partition coefficient (Wildman–Crippen LogP) is 2.65. The molecule has 0 aliphatic carbocycles. The lowest BCUT2D eigenvalue weighted by Crippen LogP contribution is -2.45. The number of hydrogen-bond acceptors (Lipinski definition) is 4. The van der Waals surface area contributed by atoms with Crippen molar-refractivity contribution in [2.24, 2.45) is 5.92 Å². The van der Waals surface area contributed by atoms with Crippen LogP contribution in [0.3, 0.4) is 0 Å². The van der Waals surface area contributed by atoms with Crippen molar-refractivity contribution in [2.75, 3.05) is 16.8 Å². The number of nitrogens with one attached hydrogen (secondary N) is 1. The largest absolute Gasteiger partial charge is 0.481 e. The highest BCUT2D eigenvalue weighted by atomic mass is 16.5. The van der Waals surface area contributed by atoms with Gasteiger partial charge in [-0.25, -0.2) is 0 Å². The van der Waals surface area contributed by atoms with Gasteiger partial charge in [-0.1, -0.05) is 13.8 Å². The average molecular weight is 348 g/mol. The SMILES string of the molecule is CC(C)CCN1C(=O)C(C)Oc2ccc(NC(=O)CCC(=O)O)cc21. The molecular formula is C18H24N2O5. The van der Waals surface area contributed by atoms with Crippen molar-refractivity contribution in [3.05, 3.63) is 18.2 Å². The Bertz CT molecular complexity index is 671. The van der Waals surface area contributed by atoms with Gasteiger partial charge >= 0.3 is 5.97 Å². The zero-order chi connectivity index (χ0) is 18.6. The molecule has 2 rings (SSSR count). The fourth-order valence-electron chi connectivity index (χ4n) is 2.55. The first-order valence-corrected chi connectivity index (χ1v) is 8.41. The van der Waals surface area contributed by atoms with Crippen LogP contribution in [0.5, 0.6) is 5.75 Å². The van der Waals surface area contributed by atoms with Crippen LogP contribution in [0.15, 0.2) is 18.2 Å². The van der Waals surface area contributed by atoms with Crippen molar-refractivity contribution in [3.8, 4) is 5.75 Å². The summed E-state index contributed by atoms with van der Waals surface area (Å²) in [6.07, 6.45) is -0.0184. The number of anilines is 2. The van der Waals surface area contributed by atoms with Crippen molar-refractivity contribution < 1.29 is 24.2 Å². The molecule has 0 aromatic heterocycles. The van der Waals surface area contributed by atoms with Gasteiger partial charge in [0.1, 0.15) is 5.75 Å². The minimum absolute atomic E-state index is 0.101. The third-order valence-corrected chi connectivity index (χ3v) is 3.95. The molecule has 7 heteroatoms. The van der Waals surface area contributed by atoms with E-state index in [1.165, 1.54) is 0 Å². The number of amides is 2. The van der Waals surface area contributed by atoms with Gasteiger partial charge in [0.25, 0.3) is 5.91 Å². The smallest absolute Gasteiger partial charge is 0.303 e. The van der Waals surface area contributed by atoms with Crippen molar-refractivity contribution in [1.29, 1.82) is 0 Å². The molecule has 2 N–H and O–H groups in total. The Labute approximate surface area is 147 Å². The summed E-state index contributed by atoms with van der Waals surface area (Å²) in [5.74, 6) is -0.462. The van der Waals surface area contributed by atoms with E-state index in [2.05, 4.69) is 19.2 Å².